The first-order chi connectivity index (χ1) is 25.7. The molecule has 1 atom stereocenters. The molecular formula is C53H57N. The number of nitrogens with zero attached hydrogens (tertiary/aromatic N) is 1. The molecule has 1 heterocycles. The van der Waals surface area contributed by atoms with Gasteiger partial charge in [-0.15, -0.1) is 0 Å². The highest BCUT2D eigenvalue weighted by Gasteiger charge is 2.42. The predicted octanol–water partition coefficient (Wildman–Crippen LogP) is 14.5. The average molecular weight is 708 g/mol. The highest BCUT2D eigenvalue weighted by Crippen LogP contribution is 2.52. The Labute approximate surface area is 324 Å². The van der Waals surface area contributed by atoms with Crippen molar-refractivity contribution in [1.29, 1.82) is 0 Å². The van der Waals surface area contributed by atoms with Crippen molar-refractivity contribution in [2.45, 2.75) is 91.9 Å². The van der Waals surface area contributed by atoms with Crippen LogP contribution in [0.4, 0.5) is 0 Å². The fourth-order valence-electron chi connectivity index (χ4n) is 9.64. The van der Waals surface area contributed by atoms with Gasteiger partial charge in [0.25, 0.3) is 0 Å². The van der Waals surface area contributed by atoms with Crippen molar-refractivity contribution in [1.82, 2.24) is 4.57 Å². The summed E-state index contributed by atoms with van der Waals surface area (Å²) in [6.45, 7) is 31.9. The molecule has 1 aromatic heterocycles. The average Bonchev–Trinajstić information content (AvgIpc) is 3.48. The quantitative estimate of drug-likeness (QED) is 0.132. The summed E-state index contributed by atoms with van der Waals surface area (Å²) in [5.41, 5.74) is 17.5. The molecular weight excluding hydrogens is 651 g/mol. The molecule has 1 aliphatic carbocycles. The van der Waals surface area contributed by atoms with Crippen molar-refractivity contribution >= 4 is 27.4 Å². The molecule has 0 radical (unpaired) electrons. The van der Waals surface area contributed by atoms with Crippen molar-refractivity contribution in [3.63, 3.8) is 0 Å². The molecule has 6 aromatic rings. The summed E-state index contributed by atoms with van der Waals surface area (Å²) in [4.78, 5) is 0. The van der Waals surface area contributed by atoms with E-state index < -0.39 is 0 Å². The zero-order valence-electron chi connectivity index (χ0n) is 34.2. The van der Waals surface area contributed by atoms with Gasteiger partial charge in [-0.3, -0.25) is 0 Å². The van der Waals surface area contributed by atoms with E-state index in [1.165, 1.54) is 88.7 Å². The summed E-state index contributed by atoms with van der Waals surface area (Å²) in [5, 5.41) is 2.57. The van der Waals surface area contributed by atoms with Crippen molar-refractivity contribution in [3.8, 4) is 5.69 Å². The number of hydrogen-bond donors (Lipinski definition) is 0. The zero-order valence-corrected chi connectivity index (χ0v) is 34.2. The van der Waals surface area contributed by atoms with E-state index in [0.717, 1.165) is 6.42 Å². The monoisotopic (exact) mass is 707 g/mol. The van der Waals surface area contributed by atoms with Crippen LogP contribution < -0.4 is 0 Å². The third kappa shape index (κ3) is 5.67. The first kappa shape index (κ1) is 37.2. The molecule has 1 nitrogen and oxygen atoms in total. The summed E-state index contributed by atoms with van der Waals surface area (Å²) in [5.74, 6) is 0.397. The van der Waals surface area contributed by atoms with Gasteiger partial charge in [-0.25, -0.2) is 0 Å². The van der Waals surface area contributed by atoms with Gasteiger partial charge in [0.1, 0.15) is 0 Å². The lowest BCUT2D eigenvalue weighted by atomic mass is 9.60. The van der Waals surface area contributed by atoms with Crippen LogP contribution in [0, 0.1) is 12.8 Å². The van der Waals surface area contributed by atoms with Crippen LogP contribution in [0.2, 0.25) is 0 Å². The fourth-order valence-corrected chi connectivity index (χ4v) is 9.64. The normalized spacial score (nSPS) is 16.1. The van der Waals surface area contributed by atoms with E-state index in [4.69, 9.17) is 0 Å². The molecule has 5 aromatic carbocycles. The molecule has 0 spiro atoms. The highest BCUT2D eigenvalue weighted by molar-refractivity contribution is 6.10. The SMILES string of the molecule is C=C/C(=C(\C=C)C(C)(C)c1cc2c3cc4c(cc3n(-c3ccc(C(=CC)c5ccccc5)cc3)c2cc1C)C(C)(C)c1ccccc1C4(C)C)C(C)CC. The molecule has 0 N–H and O–H groups in total. The Hall–Kier alpha value is -5.14. The minimum atomic E-state index is -0.280. The van der Waals surface area contributed by atoms with E-state index in [0.29, 0.717) is 5.92 Å². The second-order valence-electron chi connectivity index (χ2n) is 17.1. The highest BCUT2D eigenvalue weighted by atomic mass is 15.0. The van der Waals surface area contributed by atoms with Gasteiger partial charge in [0, 0.05) is 32.7 Å². The lowest BCUT2D eigenvalue weighted by Gasteiger charge is -2.44. The van der Waals surface area contributed by atoms with E-state index in [1.807, 2.05) is 0 Å². The summed E-state index contributed by atoms with van der Waals surface area (Å²) < 4.78 is 2.51. The van der Waals surface area contributed by atoms with Crippen LogP contribution in [-0.2, 0) is 16.2 Å². The van der Waals surface area contributed by atoms with Gasteiger partial charge in [0.2, 0.25) is 0 Å². The van der Waals surface area contributed by atoms with E-state index in [9.17, 15) is 0 Å². The van der Waals surface area contributed by atoms with Crippen LogP contribution in [0.15, 0.2) is 146 Å². The molecule has 0 saturated heterocycles. The summed E-state index contributed by atoms with van der Waals surface area (Å²) in [6, 6.07) is 38.9. The van der Waals surface area contributed by atoms with Gasteiger partial charge in [-0.1, -0.05) is 154 Å². The zero-order chi connectivity index (χ0) is 38.7. The molecule has 0 bridgehead atoms. The topological polar surface area (TPSA) is 4.93 Å². The number of hydrogen-bond acceptors (Lipinski definition) is 0. The Morgan fingerprint density at radius 2 is 1.24 bits per heavy atom. The lowest BCUT2D eigenvalue weighted by molar-refractivity contribution is 0.521. The minimum absolute atomic E-state index is 0.146. The van der Waals surface area contributed by atoms with Crippen LogP contribution in [-0.4, -0.2) is 4.57 Å². The Kier molecular flexibility index (Phi) is 9.38. The molecule has 1 heteroatoms. The first-order valence-electron chi connectivity index (χ1n) is 19.8. The largest absolute Gasteiger partial charge is 0.309 e. The summed E-state index contributed by atoms with van der Waals surface area (Å²) in [6.07, 6.45) is 7.41. The Bertz CT molecular complexity index is 2490. The van der Waals surface area contributed by atoms with Crippen molar-refractivity contribution in [2.75, 3.05) is 0 Å². The van der Waals surface area contributed by atoms with Gasteiger partial charge < -0.3 is 4.57 Å². The number of rotatable bonds is 9. The van der Waals surface area contributed by atoms with Crippen LogP contribution in [0.1, 0.15) is 113 Å². The third-order valence-corrected chi connectivity index (χ3v) is 12.9. The van der Waals surface area contributed by atoms with Crippen molar-refractivity contribution < 1.29 is 0 Å². The van der Waals surface area contributed by atoms with Gasteiger partial charge in [0.15, 0.2) is 0 Å². The second-order valence-corrected chi connectivity index (χ2v) is 17.1. The van der Waals surface area contributed by atoms with E-state index in [-0.39, 0.29) is 16.2 Å². The van der Waals surface area contributed by atoms with E-state index in [2.05, 4.69) is 208 Å². The Balaban J connectivity index is 1.54. The van der Waals surface area contributed by atoms with Gasteiger partial charge in [0.05, 0.1) is 11.0 Å². The maximum Gasteiger partial charge on any atom is 0.0544 e. The maximum atomic E-state index is 4.35. The Morgan fingerprint density at radius 1 is 0.704 bits per heavy atom. The van der Waals surface area contributed by atoms with Crippen molar-refractivity contribution in [2.24, 2.45) is 5.92 Å². The van der Waals surface area contributed by atoms with Crippen molar-refractivity contribution in [3.05, 3.63) is 190 Å². The number of aromatic nitrogens is 1. The first-order valence-corrected chi connectivity index (χ1v) is 19.8. The smallest absolute Gasteiger partial charge is 0.0544 e. The van der Waals surface area contributed by atoms with Gasteiger partial charge >= 0.3 is 0 Å². The van der Waals surface area contributed by atoms with Crippen LogP contribution >= 0.6 is 0 Å². The predicted molar refractivity (Wildman–Crippen MR) is 235 cm³/mol. The molecule has 7 rings (SSSR count). The summed E-state index contributed by atoms with van der Waals surface area (Å²) in [7, 11) is 0. The van der Waals surface area contributed by atoms with E-state index in [1.54, 1.807) is 0 Å². The number of aryl methyl sites for hydroxylation is 1. The molecule has 0 fully saturated rings. The molecule has 274 valence electrons. The molecule has 54 heavy (non-hydrogen) atoms. The molecule has 0 saturated carbocycles. The maximum absolute atomic E-state index is 4.35. The second kappa shape index (κ2) is 13.6. The Morgan fingerprint density at radius 3 is 1.80 bits per heavy atom. The summed E-state index contributed by atoms with van der Waals surface area (Å²) >= 11 is 0. The lowest BCUT2D eigenvalue weighted by Crippen LogP contribution is -2.36. The number of benzene rings is 5. The number of fused-ring (bicyclic) bond motifs is 5. The minimum Gasteiger partial charge on any atom is -0.309 e. The molecule has 0 amide bonds. The molecule has 0 aliphatic heterocycles. The van der Waals surface area contributed by atoms with Crippen LogP contribution in [0.5, 0.6) is 0 Å². The molecule has 1 unspecified atom stereocenters. The third-order valence-electron chi connectivity index (χ3n) is 12.9. The van der Waals surface area contributed by atoms with Gasteiger partial charge in [-0.2, -0.15) is 0 Å². The fraction of sp³-hybridized carbons (Fsp3) is 0.283. The van der Waals surface area contributed by atoms with E-state index >= 15 is 0 Å². The van der Waals surface area contributed by atoms with Crippen LogP contribution in [0.25, 0.3) is 33.1 Å². The van der Waals surface area contributed by atoms with Crippen LogP contribution in [0.3, 0.4) is 0 Å². The number of allylic oxidation sites excluding steroid dienone is 5. The van der Waals surface area contributed by atoms with Gasteiger partial charge in [-0.05, 0) is 124 Å². The standard InChI is InChI=1S/C53H57N/c1-13-34(5)39(14-2)43(16-4)51(7,8)46-31-41-42-32-47-48(53(11,12)45-25-21-20-24-44(45)52(47,9)10)33-50(42)54(49(41)30-35(46)6)38-28-26-37(27-29-38)40(15-3)36-22-18-17-19-23-36/h14-34H,2,4,13H2,1,3,5-12H3/b40-15?,43-39-. The molecule has 1 aliphatic rings.